The normalized spacial score (nSPS) is 12.2. The fourth-order valence-electron chi connectivity index (χ4n) is 3.58. The van der Waals surface area contributed by atoms with E-state index in [1.54, 1.807) is 60.7 Å². The van der Waals surface area contributed by atoms with Crippen LogP contribution in [-0.2, 0) is 14.3 Å². The molecule has 33 heavy (non-hydrogen) atoms. The van der Waals surface area contributed by atoms with Gasteiger partial charge < -0.3 is 14.8 Å². The molecule has 0 spiro atoms. The van der Waals surface area contributed by atoms with Crippen molar-refractivity contribution in [2.24, 2.45) is 0 Å². The lowest BCUT2D eigenvalue weighted by molar-refractivity contribution is -0.142. The number of anilines is 1. The highest BCUT2D eigenvalue weighted by molar-refractivity contribution is 6.30. The molecule has 0 heterocycles. The first kappa shape index (κ1) is 21.7. The Balaban J connectivity index is 1.44. The highest BCUT2D eigenvalue weighted by Crippen LogP contribution is 2.31. The molecule has 7 nitrogen and oxygen atoms in total. The Morgan fingerprint density at radius 2 is 1.52 bits per heavy atom. The first-order valence-corrected chi connectivity index (χ1v) is 10.1. The number of ketones is 2. The van der Waals surface area contributed by atoms with Crippen molar-refractivity contribution in [3.8, 4) is 5.75 Å². The number of benzene rings is 3. The van der Waals surface area contributed by atoms with Gasteiger partial charge in [-0.3, -0.25) is 14.4 Å². The molecule has 1 N–H and O–H groups in total. The van der Waals surface area contributed by atoms with Crippen molar-refractivity contribution in [3.63, 3.8) is 0 Å². The van der Waals surface area contributed by atoms with E-state index in [4.69, 9.17) is 9.47 Å². The van der Waals surface area contributed by atoms with Crippen LogP contribution in [0.1, 0.15) is 37.4 Å². The lowest BCUT2D eigenvalue weighted by atomic mass is 9.83. The Morgan fingerprint density at radius 1 is 0.848 bits per heavy atom. The molecule has 0 aliphatic heterocycles. The smallest absolute Gasteiger partial charge is 0.331 e. The lowest BCUT2D eigenvalue weighted by Crippen LogP contribution is -2.25. The van der Waals surface area contributed by atoms with Crippen molar-refractivity contribution in [1.82, 2.24) is 0 Å². The minimum Gasteiger partial charge on any atom is -0.496 e. The van der Waals surface area contributed by atoms with Crippen molar-refractivity contribution in [2.75, 3.05) is 19.0 Å². The molecule has 4 rings (SSSR count). The second kappa shape index (κ2) is 9.32. The summed E-state index contributed by atoms with van der Waals surface area (Å²) in [6.45, 7) is -0.558. The van der Waals surface area contributed by atoms with Crippen molar-refractivity contribution in [2.45, 2.75) is 0 Å². The summed E-state index contributed by atoms with van der Waals surface area (Å²) < 4.78 is 10.2. The quantitative estimate of drug-likeness (QED) is 0.362. The predicted octanol–water partition coefficient (Wildman–Crippen LogP) is 3.67. The number of ether oxygens (including phenoxy) is 2. The van der Waals surface area contributed by atoms with Crippen LogP contribution in [0.2, 0.25) is 0 Å². The molecule has 0 saturated heterocycles. The SMILES string of the molecule is COc1ccccc1/C=C/C(=O)OCC(=O)Nc1cccc2c1C(=O)c1ccccc1C2=O. The number of carbonyl (C=O) groups is 4. The second-order valence-electron chi connectivity index (χ2n) is 7.16. The third-order valence-corrected chi connectivity index (χ3v) is 5.11. The average Bonchev–Trinajstić information content (AvgIpc) is 2.84. The molecular formula is C26H19NO6. The summed E-state index contributed by atoms with van der Waals surface area (Å²) >= 11 is 0. The summed E-state index contributed by atoms with van der Waals surface area (Å²) in [5, 5.41) is 2.57. The number of carbonyl (C=O) groups excluding carboxylic acids is 4. The molecule has 0 aromatic heterocycles. The molecular weight excluding hydrogens is 422 g/mol. The van der Waals surface area contributed by atoms with Crippen LogP contribution in [0, 0.1) is 0 Å². The van der Waals surface area contributed by atoms with Gasteiger partial charge in [0.1, 0.15) is 5.75 Å². The predicted molar refractivity (Wildman–Crippen MR) is 121 cm³/mol. The number of esters is 1. The van der Waals surface area contributed by atoms with Gasteiger partial charge in [-0.1, -0.05) is 54.6 Å². The van der Waals surface area contributed by atoms with Gasteiger partial charge in [0, 0.05) is 28.3 Å². The molecule has 164 valence electrons. The molecule has 0 unspecified atom stereocenters. The molecule has 0 bridgehead atoms. The standard InChI is InChI=1S/C26H19NO6/c1-32-21-12-5-2-7-16(21)13-14-23(29)33-15-22(28)27-20-11-6-10-19-24(20)26(31)18-9-4-3-8-17(18)25(19)30/h2-14H,15H2,1H3,(H,27,28)/b14-13+. The van der Waals surface area contributed by atoms with E-state index in [0.717, 1.165) is 0 Å². The molecule has 1 aliphatic carbocycles. The van der Waals surface area contributed by atoms with Gasteiger partial charge in [0.05, 0.1) is 18.4 Å². The van der Waals surface area contributed by atoms with E-state index in [1.165, 1.54) is 25.3 Å². The molecule has 0 radical (unpaired) electrons. The van der Waals surface area contributed by atoms with E-state index in [2.05, 4.69) is 5.32 Å². The zero-order valence-corrected chi connectivity index (χ0v) is 17.7. The summed E-state index contributed by atoms with van der Waals surface area (Å²) in [4.78, 5) is 50.2. The number of rotatable bonds is 6. The third-order valence-electron chi connectivity index (χ3n) is 5.11. The molecule has 3 aromatic rings. The van der Waals surface area contributed by atoms with Crippen molar-refractivity contribution >= 4 is 35.2 Å². The van der Waals surface area contributed by atoms with Gasteiger partial charge in [0.15, 0.2) is 18.2 Å². The van der Waals surface area contributed by atoms with Gasteiger partial charge in [-0.05, 0) is 18.2 Å². The topological polar surface area (TPSA) is 98.8 Å². The van der Waals surface area contributed by atoms with Gasteiger partial charge in [-0.2, -0.15) is 0 Å². The highest BCUT2D eigenvalue weighted by Gasteiger charge is 2.31. The first-order valence-electron chi connectivity index (χ1n) is 10.1. The Kier molecular flexibility index (Phi) is 6.13. The zero-order valence-electron chi connectivity index (χ0n) is 17.7. The van der Waals surface area contributed by atoms with Gasteiger partial charge >= 0.3 is 5.97 Å². The van der Waals surface area contributed by atoms with Crippen molar-refractivity contribution in [1.29, 1.82) is 0 Å². The summed E-state index contributed by atoms with van der Waals surface area (Å²) in [7, 11) is 1.52. The highest BCUT2D eigenvalue weighted by atomic mass is 16.5. The zero-order chi connectivity index (χ0) is 23.4. The molecule has 0 fully saturated rings. The van der Waals surface area contributed by atoms with Crippen molar-refractivity contribution in [3.05, 3.63) is 101 Å². The summed E-state index contributed by atoms with van der Waals surface area (Å²) in [5.74, 6) is -1.40. The van der Waals surface area contributed by atoms with Crippen LogP contribution < -0.4 is 10.1 Å². The van der Waals surface area contributed by atoms with Gasteiger partial charge in [-0.15, -0.1) is 0 Å². The largest absolute Gasteiger partial charge is 0.496 e. The minimum absolute atomic E-state index is 0.122. The Hall–Kier alpha value is -4.52. The summed E-state index contributed by atoms with van der Waals surface area (Å²) in [6, 6.07) is 18.3. The summed E-state index contributed by atoms with van der Waals surface area (Å²) in [5.41, 5.74) is 1.82. The van der Waals surface area contributed by atoms with E-state index < -0.39 is 18.5 Å². The number of hydrogen-bond donors (Lipinski definition) is 1. The van der Waals surface area contributed by atoms with Gasteiger partial charge in [0.2, 0.25) is 0 Å². The van der Waals surface area contributed by atoms with Crippen LogP contribution in [0.4, 0.5) is 5.69 Å². The number of methoxy groups -OCH3 is 1. The first-order chi connectivity index (χ1) is 16.0. The Labute approximate surface area is 189 Å². The monoisotopic (exact) mass is 441 g/mol. The third kappa shape index (κ3) is 4.43. The number of hydrogen-bond acceptors (Lipinski definition) is 6. The van der Waals surface area contributed by atoms with Crippen LogP contribution in [0.3, 0.4) is 0 Å². The fraction of sp³-hybridized carbons (Fsp3) is 0.0769. The van der Waals surface area contributed by atoms with E-state index >= 15 is 0 Å². The molecule has 7 heteroatoms. The van der Waals surface area contributed by atoms with Crippen LogP contribution in [0.15, 0.2) is 72.8 Å². The average molecular weight is 441 g/mol. The number of amides is 1. The maximum Gasteiger partial charge on any atom is 0.331 e. The summed E-state index contributed by atoms with van der Waals surface area (Å²) in [6.07, 6.45) is 2.71. The number of nitrogens with one attached hydrogen (secondary N) is 1. The van der Waals surface area contributed by atoms with Crippen LogP contribution in [-0.4, -0.2) is 37.2 Å². The van der Waals surface area contributed by atoms with E-state index in [1.807, 2.05) is 0 Å². The molecule has 3 aromatic carbocycles. The van der Waals surface area contributed by atoms with Gasteiger partial charge in [-0.25, -0.2) is 4.79 Å². The van der Waals surface area contributed by atoms with E-state index in [9.17, 15) is 19.2 Å². The molecule has 0 saturated carbocycles. The fourth-order valence-corrected chi connectivity index (χ4v) is 3.58. The lowest BCUT2D eigenvalue weighted by Gasteiger charge is -2.20. The maximum absolute atomic E-state index is 13.0. The maximum atomic E-state index is 13.0. The molecule has 0 atom stereocenters. The van der Waals surface area contributed by atoms with Crippen LogP contribution in [0.5, 0.6) is 5.75 Å². The second-order valence-corrected chi connectivity index (χ2v) is 7.16. The minimum atomic E-state index is -0.716. The Bertz CT molecular complexity index is 1310. The van der Waals surface area contributed by atoms with Crippen LogP contribution >= 0.6 is 0 Å². The van der Waals surface area contributed by atoms with Crippen molar-refractivity contribution < 1.29 is 28.7 Å². The van der Waals surface area contributed by atoms with Gasteiger partial charge in [0.25, 0.3) is 5.91 Å². The Morgan fingerprint density at radius 3 is 2.27 bits per heavy atom. The van der Waals surface area contributed by atoms with E-state index in [0.29, 0.717) is 16.9 Å². The molecule has 1 amide bonds. The van der Waals surface area contributed by atoms with E-state index in [-0.39, 0.29) is 33.9 Å². The molecule has 1 aliphatic rings. The number of para-hydroxylation sites is 1. The number of fused-ring (bicyclic) bond motifs is 2. The van der Waals surface area contributed by atoms with Crippen LogP contribution in [0.25, 0.3) is 6.08 Å².